The molecule has 1 atom stereocenters. The van der Waals surface area contributed by atoms with E-state index in [4.69, 9.17) is 0 Å². The summed E-state index contributed by atoms with van der Waals surface area (Å²) in [4.78, 5) is 12.2. The van der Waals surface area contributed by atoms with Crippen LogP contribution in [0.2, 0.25) is 0 Å². The van der Waals surface area contributed by atoms with Gasteiger partial charge in [0.15, 0.2) is 0 Å². The number of carbonyl (C=O) groups excluding carboxylic acids is 1. The van der Waals surface area contributed by atoms with E-state index in [1.165, 1.54) is 0 Å². The lowest BCUT2D eigenvalue weighted by atomic mass is 9.97. The average Bonchev–Trinajstić information content (AvgIpc) is 2.48. The van der Waals surface area contributed by atoms with E-state index in [1.807, 2.05) is 42.5 Å². The Kier molecular flexibility index (Phi) is 3.19. The third-order valence-electron chi connectivity index (χ3n) is 3.43. The lowest BCUT2D eigenvalue weighted by Gasteiger charge is -2.27. The van der Waals surface area contributed by atoms with Gasteiger partial charge in [-0.15, -0.1) is 0 Å². The maximum atomic E-state index is 12.2. The van der Waals surface area contributed by atoms with Crippen molar-refractivity contribution >= 4 is 11.6 Å². The number of amides is 1. The molecule has 0 bridgehead atoms. The molecule has 0 saturated heterocycles. The molecule has 96 valence electrons. The number of hydrogen-bond donors (Lipinski definition) is 2. The van der Waals surface area contributed by atoms with E-state index in [1.54, 1.807) is 0 Å². The highest BCUT2D eigenvalue weighted by Gasteiger charge is 2.21. The minimum absolute atomic E-state index is 0.0118. The van der Waals surface area contributed by atoms with Crippen LogP contribution in [0.4, 0.5) is 5.69 Å². The first-order chi connectivity index (χ1) is 9.34. The molecule has 3 heteroatoms. The highest BCUT2D eigenvalue weighted by atomic mass is 16.1. The zero-order valence-electron chi connectivity index (χ0n) is 10.6. The predicted octanol–water partition coefficient (Wildman–Crippen LogP) is 2.97. The minimum atomic E-state index is -0.0118. The van der Waals surface area contributed by atoms with Crippen molar-refractivity contribution in [2.24, 2.45) is 0 Å². The maximum absolute atomic E-state index is 12.2. The van der Waals surface area contributed by atoms with Crippen molar-refractivity contribution in [3.8, 4) is 0 Å². The van der Waals surface area contributed by atoms with Crippen LogP contribution in [0.15, 0.2) is 54.6 Å². The first-order valence-electron chi connectivity index (χ1n) is 6.53. The average molecular weight is 252 g/mol. The first-order valence-corrected chi connectivity index (χ1v) is 6.53. The SMILES string of the molecule is O=C(NC1CCNc2ccccc21)c1ccccc1. The highest BCUT2D eigenvalue weighted by Crippen LogP contribution is 2.29. The number of fused-ring (bicyclic) bond motifs is 1. The fraction of sp³-hybridized carbons (Fsp3) is 0.188. The summed E-state index contributed by atoms with van der Waals surface area (Å²) in [5.74, 6) is -0.0118. The summed E-state index contributed by atoms with van der Waals surface area (Å²) in [5.41, 5.74) is 2.99. The van der Waals surface area contributed by atoms with Gasteiger partial charge in [-0.1, -0.05) is 36.4 Å². The van der Waals surface area contributed by atoms with Crippen LogP contribution in [0.3, 0.4) is 0 Å². The Bertz CT molecular complexity index is 580. The fourth-order valence-electron chi connectivity index (χ4n) is 2.45. The summed E-state index contributed by atoms with van der Waals surface area (Å²) in [6.07, 6.45) is 0.912. The smallest absolute Gasteiger partial charge is 0.251 e. The molecule has 0 aliphatic carbocycles. The van der Waals surface area contributed by atoms with Gasteiger partial charge in [-0.2, -0.15) is 0 Å². The van der Waals surface area contributed by atoms with E-state index in [0.29, 0.717) is 5.56 Å². The molecule has 2 aromatic rings. The Labute approximate surface area is 112 Å². The Morgan fingerprint density at radius 3 is 2.63 bits per heavy atom. The van der Waals surface area contributed by atoms with Crippen molar-refractivity contribution in [2.75, 3.05) is 11.9 Å². The number of carbonyl (C=O) groups is 1. The number of benzene rings is 2. The van der Waals surface area contributed by atoms with Crippen LogP contribution >= 0.6 is 0 Å². The van der Waals surface area contributed by atoms with Gasteiger partial charge in [0.05, 0.1) is 6.04 Å². The molecule has 19 heavy (non-hydrogen) atoms. The minimum Gasteiger partial charge on any atom is -0.385 e. The van der Waals surface area contributed by atoms with Crippen LogP contribution in [0.1, 0.15) is 28.4 Å². The molecule has 2 aromatic carbocycles. The largest absolute Gasteiger partial charge is 0.385 e. The van der Waals surface area contributed by atoms with Crippen LogP contribution < -0.4 is 10.6 Å². The fourth-order valence-corrected chi connectivity index (χ4v) is 2.45. The molecular weight excluding hydrogens is 236 g/mol. The molecule has 0 fully saturated rings. The van der Waals surface area contributed by atoms with Crippen molar-refractivity contribution in [2.45, 2.75) is 12.5 Å². The Hall–Kier alpha value is -2.29. The predicted molar refractivity (Wildman–Crippen MR) is 76.2 cm³/mol. The highest BCUT2D eigenvalue weighted by molar-refractivity contribution is 5.94. The second kappa shape index (κ2) is 5.14. The van der Waals surface area contributed by atoms with Crippen LogP contribution in [-0.4, -0.2) is 12.5 Å². The monoisotopic (exact) mass is 252 g/mol. The molecule has 0 spiro atoms. The summed E-state index contributed by atoms with van der Waals surface area (Å²) < 4.78 is 0. The number of anilines is 1. The standard InChI is InChI=1S/C16H16N2O/c19-16(12-6-2-1-3-7-12)18-15-10-11-17-14-9-5-4-8-13(14)15/h1-9,15,17H,10-11H2,(H,18,19). The van der Waals surface area contributed by atoms with Crippen molar-refractivity contribution in [1.29, 1.82) is 0 Å². The zero-order valence-corrected chi connectivity index (χ0v) is 10.6. The molecular formula is C16H16N2O. The van der Waals surface area contributed by atoms with Crippen molar-refractivity contribution in [3.63, 3.8) is 0 Å². The number of rotatable bonds is 2. The topological polar surface area (TPSA) is 41.1 Å². The van der Waals surface area contributed by atoms with Crippen molar-refractivity contribution in [3.05, 3.63) is 65.7 Å². The van der Waals surface area contributed by atoms with E-state index in [0.717, 1.165) is 24.2 Å². The van der Waals surface area contributed by atoms with Crippen LogP contribution in [0, 0.1) is 0 Å². The lowest BCUT2D eigenvalue weighted by molar-refractivity contribution is 0.0935. The van der Waals surface area contributed by atoms with Crippen LogP contribution in [0.25, 0.3) is 0 Å². The van der Waals surface area contributed by atoms with Gasteiger partial charge in [0.2, 0.25) is 0 Å². The van der Waals surface area contributed by atoms with E-state index >= 15 is 0 Å². The molecule has 1 amide bonds. The molecule has 1 aliphatic heterocycles. The van der Waals surface area contributed by atoms with E-state index in [-0.39, 0.29) is 11.9 Å². The first kappa shape index (κ1) is 11.8. The summed E-state index contributed by atoms with van der Waals surface area (Å²) in [5, 5.41) is 6.47. The van der Waals surface area contributed by atoms with E-state index < -0.39 is 0 Å². The summed E-state index contributed by atoms with van der Waals surface area (Å²) >= 11 is 0. The molecule has 0 saturated carbocycles. The summed E-state index contributed by atoms with van der Waals surface area (Å²) in [7, 11) is 0. The van der Waals surface area contributed by atoms with Gasteiger partial charge in [-0.25, -0.2) is 0 Å². The molecule has 0 radical (unpaired) electrons. The molecule has 1 heterocycles. The van der Waals surface area contributed by atoms with Gasteiger partial charge in [-0.05, 0) is 30.2 Å². The number of hydrogen-bond acceptors (Lipinski definition) is 2. The van der Waals surface area contributed by atoms with Gasteiger partial charge >= 0.3 is 0 Å². The second-order valence-electron chi connectivity index (χ2n) is 4.69. The Morgan fingerprint density at radius 1 is 1.05 bits per heavy atom. The van der Waals surface area contributed by atoms with Crippen LogP contribution in [0.5, 0.6) is 0 Å². The van der Waals surface area contributed by atoms with Gasteiger partial charge in [0, 0.05) is 17.8 Å². The second-order valence-corrected chi connectivity index (χ2v) is 4.69. The lowest BCUT2D eigenvalue weighted by Crippen LogP contribution is -2.32. The van der Waals surface area contributed by atoms with Gasteiger partial charge in [-0.3, -0.25) is 4.79 Å². The number of para-hydroxylation sites is 1. The van der Waals surface area contributed by atoms with Gasteiger partial charge < -0.3 is 10.6 Å². The van der Waals surface area contributed by atoms with Crippen molar-refractivity contribution in [1.82, 2.24) is 5.32 Å². The van der Waals surface area contributed by atoms with E-state index in [9.17, 15) is 4.79 Å². The third kappa shape index (κ3) is 2.45. The third-order valence-corrected chi connectivity index (χ3v) is 3.43. The molecule has 3 nitrogen and oxygen atoms in total. The molecule has 1 unspecified atom stereocenters. The normalized spacial score (nSPS) is 17.2. The van der Waals surface area contributed by atoms with Crippen molar-refractivity contribution < 1.29 is 4.79 Å². The summed E-state index contributed by atoms with van der Waals surface area (Å²) in [6.45, 7) is 0.886. The quantitative estimate of drug-likeness (QED) is 0.862. The molecule has 0 aromatic heterocycles. The van der Waals surface area contributed by atoms with Gasteiger partial charge in [0.1, 0.15) is 0 Å². The summed E-state index contributed by atoms with van der Waals surface area (Å²) in [6, 6.07) is 17.6. The number of nitrogens with one attached hydrogen (secondary N) is 2. The Morgan fingerprint density at radius 2 is 1.79 bits per heavy atom. The molecule has 3 rings (SSSR count). The van der Waals surface area contributed by atoms with Gasteiger partial charge in [0.25, 0.3) is 5.91 Å². The zero-order chi connectivity index (χ0) is 13.1. The molecule has 2 N–H and O–H groups in total. The van der Waals surface area contributed by atoms with E-state index in [2.05, 4.69) is 22.8 Å². The molecule has 1 aliphatic rings. The Balaban J connectivity index is 1.80. The maximum Gasteiger partial charge on any atom is 0.251 e. The van der Waals surface area contributed by atoms with Crippen LogP contribution in [-0.2, 0) is 0 Å².